The lowest BCUT2D eigenvalue weighted by Crippen LogP contribution is -2.36. The summed E-state index contributed by atoms with van der Waals surface area (Å²) in [5.41, 5.74) is 0.803. The lowest BCUT2D eigenvalue weighted by Gasteiger charge is -2.33. The number of rotatable bonds is 2. The van der Waals surface area contributed by atoms with Gasteiger partial charge in [-0.1, -0.05) is 28.4 Å². The fourth-order valence-corrected chi connectivity index (χ4v) is 2.59. The fourth-order valence-electron chi connectivity index (χ4n) is 2.26. The first-order valence-electron chi connectivity index (χ1n) is 5.85. The second-order valence-corrected chi connectivity index (χ2v) is 5.47. The van der Waals surface area contributed by atoms with Gasteiger partial charge in [0, 0.05) is 22.6 Å². The molecule has 1 saturated heterocycles. The van der Waals surface area contributed by atoms with Gasteiger partial charge in [-0.25, -0.2) is 4.39 Å². The van der Waals surface area contributed by atoms with Crippen molar-refractivity contribution in [3.8, 4) is 0 Å². The predicted molar refractivity (Wildman–Crippen MR) is 67.8 cm³/mol. The molecule has 0 N–H and O–H groups in total. The molecule has 1 aliphatic heterocycles. The van der Waals surface area contributed by atoms with Gasteiger partial charge in [-0.2, -0.15) is 0 Å². The Morgan fingerprint density at radius 1 is 1.44 bits per heavy atom. The van der Waals surface area contributed by atoms with E-state index in [-0.39, 0.29) is 5.82 Å². The monoisotopic (exact) mass is 285 g/mol. The highest BCUT2D eigenvalue weighted by Crippen LogP contribution is 2.22. The Bertz CT molecular complexity index is 367. The number of piperidine rings is 1. The third-order valence-corrected chi connectivity index (χ3v) is 3.82. The summed E-state index contributed by atoms with van der Waals surface area (Å²) in [6.07, 6.45) is 3.78. The van der Waals surface area contributed by atoms with E-state index in [9.17, 15) is 4.39 Å². The van der Waals surface area contributed by atoms with Crippen molar-refractivity contribution in [3.05, 3.63) is 34.1 Å². The van der Waals surface area contributed by atoms with Crippen molar-refractivity contribution in [2.24, 2.45) is 0 Å². The molecule has 1 aromatic rings. The highest BCUT2D eigenvalue weighted by atomic mass is 79.9. The van der Waals surface area contributed by atoms with Gasteiger partial charge in [0.05, 0.1) is 0 Å². The van der Waals surface area contributed by atoms with Gasteiger partial charge < -0.3 is 0 Å². The third kappa shape index (κ3) is 2.83. The minimum absolute atomic E-state index is 0.104. The van der Waals surface area contributed by atoms with Gasteiger partial charge in [-0.3, -0.25) is 4.90 Å². The first kappa shape index (κ1) is 12.1. The van der Waals surface area contributed by atoms with Crippen molar-refractivity contribution in [1.82, 2.24) is 4.90 Å². The second kappa shape index (κ2) is 5.28. The topological polar surface area (TPSA) is 3.24 Å². The Labute approximate surface area is 105 Å². The van der Waals surface area contributed by atoms with E-state index >= 15 is 0 Å². The van der Waals surface area contributed by atoms with Gasteiger partial charge in [0.15, 0.2) is 0 Å². The number of likely N-dealkylation sites (tertiary alicyclic amines) is 1. The van der Waals surface area contributed by atoms with Gasteiger partial charge in [0.1, 0.15) is 5.82 Å². The molecule has 1 aromatic carbocycles. The van der Waals surface area contributed by atoms with E-state index in [4.69, 9.17) is 0 Å². The molecule has 16 heavy (non-hydrogen) atoms. The summed E-state index contributed by atoms with van der Waals surface area (Å²) in [5, 5.41) is 0. The Morgan fingerprint density at radius 2 is 2.25 bits per heavy atom. The molecule has 0 bridgehead atoms. The van der Waals surface area contributed by atoms with Crippen LogP contribution in [0.5, 0.6) is 0 Å². The molecule has 0 radical (unpaired) electrons. The van der Waals surface area contributed by atoms with Crippen LogP contribution >= 0.6 is 15.9 Å². The lowest BCUT2D eigenvalue weighted by molar-refractivity contribution is 0.151. The van der Waals surface area contributed by atoms with Crippen LogP contribution in [0.15, 0.2) is 22.7 Å². The van der Waals surface area contributed by atoms with Crippen LogP contribution in [0.4, 0.5) is 4.39 Å². The average molecular weight is 286 g/mol. The maximum atomic E-state index is 13.7. The molecule has 1 unspecified atom stereocenters. The summed E-state index contributed by atoms with van der Waals surface area (Å²) in [7, 11) is 0. The number of hydrogen-bond acceptors (Lipinski definition) is 1. The zero-order valence-corrected chi connectivity index (χ0v) is 11.1. The zero-order valence-electron chi connectivity index (χ0n) is 9.55. The molecule has 0 aliphatic carbocycles. The van der Waals surface area contributed by atoms with E-state index in [1.54, 1.807) is 6.07 Å². The smallest absolute Gasteiger partial charge is 0.128 e. The van der Waals surface area contributed by atoms with Crippen LogP contribution in [0.3, 0.4) is 0 Å². The normalized spacial score (nSPS) is 22.3. The largest absolute Gasteiger partial charge is 0.296 e. The van der Waals surface area contributed by atoms with Crippen molar-refractivity contribution in [2.75, 3.05) is 6.54 Å². The van der Waals surface area contributed by atoms with Crippen molar-refractivity contribution in [1.29, 1.82) is 0 Å². The summed E-state index contributed by atoms with van der Waals surface area (Å²) in [5.74, 6) is -0.104. The van der Waals surface area contributed by atoms with E-state index in [1.807, 2.05) is 12.1 Å². The summed E-state index contributed by atoms with van der Waals surface area (Å²) >= 11 is 3.28. The standard InChI is InChI=1S/C13H17BrFN/c1-10-4-2-3-7-16(10)9-11-5-6-12(14)8-13(11)15/h5-6,8,10H,2-4,7,9H2,1H3. The second-order valence-electron chi connectivity index (χ2n) is 4.55. The number of benzene rings is 1. The molecule has 88 valence electrons. The van der Waals surface area contributed by atoms with Crippen molar-refractivity contribution < 1.29 is 4.39 Å². The quantitative estimate of drug-likeness (QED) is 0.795. The van der Waals surface area contributed by atoms with Gasteiger partial charge in [0.2, 0.25) is 0 Å². The lowest BCUT2D eigenvalue weighted by atomic mass is 10.0. The molecule has 0 spiro atoms. The molecule has 0 aromatic heterocycles. The van der Waals surface area contributed by atoms with Crippen LogP contribution in [0, 0.1) is 5.82 Å². The molecule has 0 saturated carbocycles. The first-order chi connectivity index (χ1) is 7.66. The molecule has 0 amide bonds. The van der Waals surface area contributed by atoms with Gasteiger partial charge in [-0.15, -0.1) is 0 Å². The zero-order chi connectivity index (χ0) is 11.5. The van der Waals surface area contributed by atoms with Crippen LogP contribution in [0.25, 0.3) is 0 Å². The summed E-state index contributed by atoms with van der Waals surface area (Å²) < 4.78 is 14.5. The molecular weight excluding hydrogens is 269 g/mol. The third-order valence-electron chi connectivity index (χ3n) is 3.33. The Hall–Kier alpha value is -0.410. The predicted octanol–water partition coefficient (Wildman–Crippen LogP) is 3.96. The van der Waals surface area contributed by atoms with Crippen molar-refractivity contribution in [2.45, 2.75) is 38.8 Å². The Morgan fingerprint density at radius 3 is 2.94 bits per heavy atom. The maximum Gasteiger partial charge on any atom is 0.128 e. The first-order valence-corrected chi connectivity index (χ1v) is 6.64. The summed E-state index contributed by atoms with van der Waals surface area (Å²) in [6, 6.07) is 5.91. The average Bonchev–Trinajstić information content (AvgIpc) is 2.25. The highest BCUT2D eigenvalue weighted by molar-refractivity contribution is 9.10. The van der Waals surface area contributed by atoms with Crippen LogP contribution in [-0.2, 0) is 6.54 Å². The fraction of sp³-hybridized carbons (Fsp3) is 0.538. The van der Waals surface area contributed by atoms with E-state index in [1.165, 1.54) is 19.3 Å². The van der Waals surface area contributed by atoms with Crippen molar-refractivity contribution in [3.63, 3.8) is 0 Å². The highest BCUT2D eigenvalue weighted by Gasteiger charge is 2.19. The van der Waals surface area contributed by atoms with Gasteiger partial charge >= 0.3 is 0 Å². The van der Waals surface area contributed by atoms with Gasteiger partial charge in [0.25, 0.3) is 0 Å². The van der Waals surface area contributed by atoms with E-state index in [0.717, 1.165) is 23.1 Å². The Kier molecular flexibility index (Phi) is 3.98. The number of nitrogens with zero attached hydrogens (tertiary/aromatic N) is 1. The van der Waals surface area contributed by atoms with Gasteiger partial charge in [-0.05, 0) is 38.4 Å². The van der Waals surface area contributed by atoms with Crippen LogP contribution in [0.2, 0.25) is 0 Å². The molecule has 1 heterocycles. The molecule has 2 rings (SSSR count). The number of hydrogen-bond donors (Lipinski definition) is 0. The van der Waals surface area contributed by atoms with Crippen LogP contribution < -0.4 is 0 Å². The minimum Gasteiger partial charge on any atom is -0.296 e. The van der Waals surface area contributed by atoms with E-state index < -0.39 is 0 Å². The van der Waals surface area contributed by atoms with Crippen LogP contribution in [0.1, 0.15) is 31.7 Å². The summed E-state index contributed by atoms with van der Waals surface area (Å²) in [4.78, 5) is 2.37. The maximum absolute atomic E-state index is 13.7. The molecule has 1 fully saturated rings. The molecule has 1 atom stereocenters. The summed E-state index contributed by atoms with van der Waals surface area (Å²) in [6.45, 7) is 4.06. The van der Waals surface area contributed by atoms with Crippen molar-refractivity contribution >= 4 is 15.9 Å². The van der Waals surface area contributed by atoms with Crippen LogP contribution in [-0.4, -0.2) is 17.5 Å². The number of halogens is 2. The SMILES string of the molecule is CC1CCCCN1Cc1ccc(Br)cc1F. The molecule has 1 nitrogen and oxygen atoms in total. The molecule has 1 aliphatic rings. The Balaban J connectivity index is 2.07. The van der Waals surface area contributed by atoms with E-state index in [2.05, 4.69) is 27.8 Å². The molecule has 3 heteroatoms. The van der Waals surface area contributed by atoms with E-state index in [0.29, 0.717) is 6.04 Å². The molecular formula is C13H17BrFN. The minimum atomic E-state index is -0.104.